The maximum absolute atomic E-state index is 12.1. The zero-order valence-electron chi connectivity index (χ0n) is 14.2. The number of ether oxygens (including phenoxy) is 1. The van der Waals surface area contributed by atoms with Crippen molar-refractivity contribution in [1.82, 2.24) is 9.80 Å². The number of carbonyl (C=O) groups excluding carboxylic acids is 1. The fourth-order valence-corrected chi connectivity index (χ4v) is 3.17. The average molecular weight is 399 g/mol. The number of hydrogen-bond acceptors (Lipinski definition) is 4. The van der Waals surface area contributed by atoms with Gasteiger partial charge in [-0.25, -0.2) is 4.79 Å². The number of benzene rings is 1. The summed E-state index contributed by atoms with van der Waals surface area (Å²) in [6.45, 7) is 7.35. The summed E-state index contributed by atoms with van der Waals surface area (Å²) in [6.07, 6.45) is -0.352. The molecule has 0 spiro atoms. The van der Waals surface area contributed by atoms with Crippen LogP contribution < -0.4 is 0 Å². The van der Waals surface area contributed by atoms with E-state index in [-0.39, 0.29) is 6.09 Å². The maximum atomic E-state index is 12.1. The molecule has 1 amide bonds. The molecule has 1 saturated heterocycles. The van der Waals surface area contributed by atoms with Gasteiger partial charge in [-0.1, -0.05) is 34.1 Å². The Hall–Kier alpha value is -1.60. The third-order valence-electron chi connectivity index (χ3n) is 3.76. The van der Waals surface area contributed by atoms with Crippen molar-refractivity contribution in [1.29, 1.82) is 0 Å². The van der Waals surface area contributed by atoms with Crippen LogP contribution >= 0.6 is 15.9 Å². The highest BCUT2D eigenvalue weighted by Crippen LogP contribution is 2.29. The predicted molar refractivity (Wildman–Crippen MR) is 93.9 cm³/mol. The summed E-state index contributed by atoms with van der Waals surface area (Å²) in [4.78, 5) is 27.4. The van der Waals surface area contributed by atoms with E-state index in [1.54, 1.807) is 4.90 Å². The predicted octanol–water partition coefficient (Wildman–Crippen LogP) is 3.13. The number of piperazine rings is 1. The molecule has 2 rings (SSSR count). The molecule has 1 aliphatic heterocycles. The van der Waals surface area contributed by atoms with E-state index in [9.17, 15) is 14.7 Å². The molecule has 1 aliphatic rings. The Balaban J connectivity index is 2.05. The first kappa shape index (κ1) is 18.7. The number of halogens is 1. The van der Waals surface area contributed by atoms with Crippen molar-refractivity contribution < 1.29 is 19.4 Å². The van der Waals surface area contributed by atoms with Gasteiger partial charge in [-0.05, 0) is 32.4 Å². The van der Waals surface area contributed by atoms with Crippen molar-refractivity contribution >= 4 is 28.0 Å². The van der Waals surface area contributed by atoms with Crippen LogP contribution in [0.25, 0.3) is 0 Å². The van der Waals surface area contributed by atoms with E-state index >= 15 is 0 Å². The molecular formula is C17H23BrN2O4. The van der Waals surface area contributed by atoms with Gasteiger partial charge in [-0.2, -0.15) is 0 Å². The van der Waals surface area contributed by atoms with Crippen LogP contribution in [0.2, 0.25) is 0 Å². The number of rotatable bonds is 3. The first-order chi connectivity index (χ1) is 11.2. The molecule has 24 heavy (non-hydrogen) atoms. The topological polar surface area (TPSA) is 70.1 Å². The van der Waals surface area contributed by atoms with Crippen LogP contribution in [0, 0.1) is 0 Å². The van der Waals surface area contributed by atoms with E-state index in [0.29, 0.717) is 26.2 Å². The second kappa shape index (κ2) is 7.53. The van der Waals surface area contributed by atoms with Gasteiger partial charge in [0, 0.05) is 30.7 Å². The summed E-state index contributed by atoms with van der Waals surface area (Å²) in [5, 5.41) is 9.66. The second-order valence-electron chi connectivity index (χ2n) is 6.77. The highest BCUT2D eigenvalue weighted by molar-refractivity contribution is 9.10. The van der Waals surface area contributed by atoms with Gasteiger partial charge in [0.15, 0.2) is 0 Å². The second-order valence-corrected chi connectivity index (χ2v) is 7.62. The molecule has 1 N–H and O–H groups in total. The minimum absolute atomic E-state index is 0.352. The van der Waals surface area contributed by atoms with Gasteiger partial charge >= 0.3 is 12.1 Å². The molecule has 1 heterocycles. The molecule has 1 unspecified atom stereocenters. The van der Waals surface area contributed by atoms with E-state index in [2.05, 4.69) is 15.9 Å². The van der Waals surface area contributed by atoms with Gasteiger partial charge in [0.2, 0.25) is 0 Å². The molecule has 1 aromatic rings. The van der Waals surface area contributed by atoms with Crippen LogP contribution in [0.3, 0.4) is 0 Å². The maximum Gasteiger partial charge on any atom is 0.410 e. The van der Waals surface area contributed by atoms with Crippen LogP contribution in [-0.4, -0.2) is 58.7 Å². The van der Waals surface area contributed by atoms with Gasteiger partial charge in [0.25, 0.3) is 0 Å². The third-order valence-corrected chi connectivity index (χ3v) is 4.49. The molecule has 1 atom stereocenters. The summed E-state index contributed by atoms with van der Waals surface area (Å²) in [5.41, 5.74) is 0.183. The van der Waals surface area contributed by atoms with Crippen LogP contribution in [0.1, 0.15) is 32.4 Å². The Bertz CT molecular complexity index is 607. The molecule has 7 heteroatoms. The monoisotopic (exact) mass is 398 g/mol. The van der Waals surface area contributed by atoms with Crippen LogP contribution in [0.5, 0.6) is 0 Å². The van der Waals surface area contributed by atoms with Crippen molar-refractivity contribution in [2.75, 3.05) is 26.2 Å². The number of carboxylic acids is 1. The minimum Gasteiger partial charge on any atom is -0.480 e. The van der Waals surface area contributed by atoms with Crippen LogP contribution in [0.15, 0.2) is 28.7 Å². The standard InChI is InChI=1S/C17H23BrN2O4/c1-17(2,3)24-16(23)20-10-8-19(9-11-20)14(15(21)22)12-6-4-5-7-13(12)18/h4-7,14H,8-11H2,1-3H3,(H,21,22). The smallest absolute Gasteiger partial charge is 0.410 e. The van der Waals surface area contributed by atoms with Gasteiger partial charge in [-0.3, -0.25) is 9.69 Å². The fraction of sp³-hybridized carbons (Fsp3) is 0.529. The van der Waals surface area contributed by atoms with Gasteiger partial charge in [-0.15, -0.1) is 0 Å². The first-order valence-electron chi connectivity index (χ1n) is 7.88. The van der Waals surface area contributed by atoms with E-state index in [0.717, 1.165) is 10.0 Å². The molecular weight excluding hydrogens is 376 g/mol. The fourth-order valence-electron chi connectivity index (χ4n) is 2.67. The molecule has 0 saturated carbocycles. The zero-order chi connectivity index (χ0) is 17.9. The Morgan fingerprint density at radius 3 is 2.25 bits per heavy atom. The molecule has 0 radical (unpaired) electrons. The lowest BCUT2D eigenvalue weighted by Gasteiger charge is -2.38. The number of carbonyl (C=O) groups is 2. The normalized spacial score (nSPS) is 17.4. The van der Waals surface area contributed by atoms with Crippen molar-refractivity contribution in [2.24, 2.45) is 0 Å². The minimum atomic E-state index is -0.896. The highest BCUT2D eigenvalue weighted by Gasteiger charge is 2.33. The van der Waals surface area contributed by atoms with Gasteiger partial charge < -0.3 is 14.7 Å². The van der Waals surface area contributed by atoms with Crippen molar-refractivity contribution in [3.8, 4) is 0 Å². The Morgan fingerprint density at radius 2 is 1.75 bits per heavy atom. The van der Waals surface area contributed by atoms with Crippen molar-refractivity contribution in [3.05, 3.63) is 34.3 Å². The quantitative estimate of drug-likeness (QED) is 0.846. The van der Waals surface area contributed by atoms with E-state index in [1.165, 1.54) is 0 Å². The Kier molecular flexibility index (Phi) is 5.87. The van der Waals surface area contributed by atoms with Gasteiger partial charge in [0.05, 0.1) is 0 Å². The number of carboxylic acid groups (broad SMARTS) is 1. The van der Waals surface area contributed by atoms with E-state index in [4.69, 9.17) is 4.74 Å². The summed E-state index contributed by atoms with van der Waals surface area (Å²) in [6, 6.07) is 6.59. The molecule has 6 nitrogen and oxygen atoms in total. The SMILES string of the molecule is CC(C)(C)OC(=O)N1CCN(C(C(=O)O)c2ccccc2Br)CC1. The van der Waals surface area contributed by atoms with Crippen LogP contribution in [0.4, 0.5) is 4.79 Å². The molecule has 0 bridgehead atoms. The number of amides is 1. The first-order valence-corrected chi connectivity index (χ1v) is 8.67. The van der Waals surface area contributed by atoms with Crippen molar-refractivity contribution in [3.63, 3.8) is 0 Å². The number of nitrogens with zero attached hydrogens (tertiary/aromatic N) is 2. The largest absolute Gasteiger partial charge is 0.480 e. The highest BCUT2D eigenvalue weighted by atomic mass is 79.9. The Morgan fingerprint density at radius 1 is 1.17 bits per heavy atom. The molecule has 0 aromatic heterocycles. The third kappa shape index (κ3) is 4.70. The molecule has 1 fully saturated rings. The Labute approximate surface area is 150 Å². The summed E-state index contributed by atoms with van der Waals surface area (Å²) < 4.78 is 6.14. The molecule has 0 aliphatic carbocycles. The lowest BCUT2D eigenvalue weighted by atomic mass is 10.0. The summed E-state index contributed by atoms with van der Waals surface area (Å²) in [5.74, 6) is -0.896. The van der Waals surface area contributed by atoms with Gasteiger partial charge in [0.1, 0.15) is 11.6 Å². The van der Waals surface area contributed by atoms with Crippen LogP contribution in [-0.2, 0) is 9.53 Å². The number of aliphatic carboxylic acids is 1. The molecule has 1 aromatic carbocycles. The molecule has 132 valence electrons. The summed E-state index contributed by atoms with van der Waals surface area (Å²) in [7, 11) is 0. The lowest BCUT2D eigenvalue weighted by molar-refractivity contribution is -0.144. The summed E-state index contributed by atoms with van der Waals surface area (Å²) >= 11 is 3.43. The average Bonchev–Trinajstić information content (AvgIpc) is 2.48. The lowest BCUT2D eigenvalue weighted by Crippen LogP contribution is -2.52. The van der Waals surface area contributed by atoms with E-state index < -0.39 is 17.6 Å². The number of hydrogen-bond donors (Lipinski definition) is 1. The van der Waals surface area contributed by atoms with E-state index in [1.807, 2.05) is 49.9 Å². The zero-order valence-corrected chi connectivity index (χ0v) is 15.7. The van der Waals surface area contributed by atoms with Crippen molar-refractivity contribution in [2.45, 2.75) is 32.4 Å².